The molecule has 1 N–H and O–H groups in total. The van der Waals surface area contributed by atoms with Crippen LogP contribution >= 0.6 is 0 Å². The van der Waals surface area contributed by atoms with E-state index in [9.17, 15) is 13.2 Å². The molecule has 0 aliphatic carbocycles. The van der Waals surface area contributed by atoms with Gasteiger partial charge in [0.05, 0.1) is 30.3 Å². The Morgan fingerprint density at radius 3 is 2.29 bits per heavy atom. The second-order valence-corrected chi connectivity index (χ2v) is 11.7. The zero-order valence-corrected chi connectivity index (χ0v) is 22.5. The maximum atomic E-state index is 13.6. The predicted molar refractivity (Wildman–Crippen MR) is 146 cm³/mol. The lowest BCUT2D eigenvalue weighted by Gasteiger charge is -2.35. The molecule has 2 heterocycles. The summed E-state index contributed by atoms with van der Waals surface area (Å²) in [6.45, 7) is 8.27. The minimum Gasteiger partial charge on any atom is -0.476 e. The molecule has 1 atom stereocenters. The van der Waals surface area contributed by atoms with Crippen molar-refractivity contribution in [3.63, 3.8) is 0 Å². The van der Waals surface area contributed by atoms with E-state index in [-0.39, 0.29) is 17.3 Å². The van der Waals surface area contributed by atoms with Crippen LogP contribution in [0.5, 0.6) is 5.75 Å². The molecule has 0 aromatic heterocycles. The van der Waals surface area contributed by atoms with E-state index < -0.39 is 16.1 Å². The van der Waals surface area contributed by atoms with Gasteiger partial charge < -0.3 is 14.8 Å². The SMILES string of the molecule is Cc1ccc(S(=O)(=O)N2CC(C(=O)NCc3ccc(CN4CCOCC4)cc3)Oc3cc(C)ccc32)cc1. The lowest BCUT2D eigenvalue weighted by Crippen LogP contribution is -2.50. The number of benzene rings is 3. The van der Waals surface area contributed by atoms with Crippen LogP contribution in [-0.4, -0.2) is 58.2 Å². The molecule has 38 heavy (non-hydrogen) atoms. The third kappa shape index (κ3) is 5.85. The number of anilines is 1. The largest absolute Gasteiger partial charge is 0.476 e. The predicted octanol–water partition coefficient (Wildman–Crippen LogP) is 3.41. The highest BCUT2D eigenvalue weighted by atomic mass is 32.2. The highest BCUT2D eigenvalue weighted by Crippen LogP contribution is 2.37. The van der Waals surface area contributed by atoms with Crippen molar-refractivity contribution in [1.29, 1.82) is 0 Å². The highest BCUT2D eigenvalue weighted by molar-refractivity contribution is 7.92. The molecule has 5 rings (SSSR count). The summed E-state index contributed by atoms with van der Waals surface area (Å²) in [7, 11) is -3.89. The van der Waals surface area contributed by atoms with E-state index in [2.05, 4.69) is 22.3 Å². The zero-order valence-electron chi connectivity index (χ0n) is 21.7. The van der Waals surface area contributed by atoms with Crippen LogP contribution in [0.25, 0.3) is 0 Å². The molecular weight excluding hydrogens is 502 g/mol. The molecule has 1 fully saturated rings. The van der Waals surface area contributed by atoms with E-state index in [1.165, 1.54) is 9.87 Å². The standard InChI is InChI=1S/C29H33N3O5S/c1-21-3-10-25(11-4-21)38(34,35)32-20-28(37-27-17-22(2)5-12-26(27)32)29(33)30-18-23-6-8-24(9-7-23)19-31-13-15-36-16-14-31/h3-12,17,28H,13-16,18-20H2,1-2H3,(H,30,33). The number of amides is 1. The molecule has 0 spiro atoms. The number of fused-ring (bicyclic) bond motifs is 1. The Hall–Kier alpha value is -3.40. The van der Waals surface area contributed by atoms with Crippen molar-refractivity contribution in [2.45, 2.75) is 37.9 Å². The van der Waals surface area contributed by atoms with Crippen molar-refractivity contribution < 1.29 is 22.7 Å². The van der Waals surface area contributed by atoms with Gasteiger partial charge in [-0.1, -0.05) is 48.0 Å². The fraction of sp³-hybridized carbons (Fsp3) is 0.345. The van der Waals surface area contributed by atoms with Gasteiger partial charge in [0.2, 0.25) is 0 Å². The summed E-state index contributed by atoms with van der Waals surface area (Å²) in [6.07, 6.45) is -0.981. The van der Waals surface area contributed by atoms with E-state index in [1.54, 1.807) is 36.4 Å². The molecular formula is C29H33N3O5S. The van der Waals surface area contributed by atoms with Gasteiger partial charge >= 0.3 is 0 Å². The van der Waals surface area contributed by atoms with E-state index in [4.69, 9.17) is 9.47 Å². The number of ether oxygens (including phenoxy) is 2. The number of sulfonamides is 1. The molecule has 0 radical (unpaired) electrons. The quantitative estimate of drug-likeness (QED) is 0.499. The first-order valence-electron chi connectivity index (χ1n) is 12.8. The van der Waals surface area contributed by atoms with Crippen LogP contribution < -0.4 is 14.4 Å². The minimum absolute atomic E-state index is 0.114. The summed E-state index contributed by atoms with van der Waals surface area (Å²) < 4.78 is 39.9. The van der Waals surface area contributed by atoms with Gasteiger partial charge in [-0.2, -0.15) is 0 Å². The number of carbonyl (C=O) groups excluding carboxylic acids is 1. The van der Waals surface area contributed by atoms with Gasteiger partial charge in [0.25, 0.3) is 15.9 Å². The Bertz CT molecular complexity index is 1380. The summed E-state index contributed by atoms with van der Waals surface area (Å²) in [6, 6.07) is 20.2. The molecule has 1 amide bonds. The normalized spacial score (nSPS) is 17.9. The van der Waals surface area contributed by atoms with Gasteiger partial charge in [0, 0.05) is 26.2 Å². The number of carbonyl (C=O) groups is 1. The van der Waals surface area contributed by atoms with Gasteiger partial charge in [0.15, 0.2) is 6.10 Å². The van der Waals surface area contributed by atoms with Crippen LogP contribution in [0.2, 0.25) is 0 Å². The minimum atomic E-state index is -3.89. The Kier molecular flexibility index (Phi) is 7.69. The van der Waals surface area contributed by atoms with Crippen molar-refractivity contribution in [1.82, 2.24) is 10.2 Å². The first kappa shape index (κ1) is 26.2. The van der Waals surface area contributed by atoms with Crippen LogP contribution in [0.1, 0.15) is 22.3 Å². The molecule has 0 saturated carbocycles. The molecule has 1 saturated heterocycles. The van der Waals surface area contributed by atoms with Crippen LogP contribution in [0.3, 0.4) is 0 Å². The van der Waals surface area contributed by atoms with Gasteiger partial charge in [-0.05, 0) is 54.8 Å². The van der Waals surface area contributed by atoms with E-state index in [0.29, 0.717) is 18.0 Å². The summed E-state index contributed by atoms with van der Waals surface area (Å²) in [5.74, 6) is 0.0122. The van der Waals surface area contributed by atoms with Crippen LogP contribution in [0.15, 0.2) is 71.6 Å². The maximum Gasteiger partial charge on any atom is 0.264 e. The lowest BCUT2D eigenvalue weighted by atomic mass is 10.1. The molecule has 9 heteroatoms. The highest BCUT2D eigenvalue weighted by Gasteiger charge is 2.37. The number of aryl methyl sites for hydroxylation is 2. The van der Waals surface area contributed by atoms with Crippen LogP contribution in [0.4, 0.5) is 5.69 Å². The summed E-state index contributed by atoms with van der Waals surface area (Å²) >= 11 is 0. The zero-order chi connectivity index (χ0) is 26.7. The van der Waals surface area contributed by atoms with Gasteiger partial charge in [-0.3, -0.25) is 14.0 Å². The van der Waals surface area contributed by atoms with Gasteiger partial charge in [-0.15, -0.1) is 0 Å². The molecule has 1 unspecified atom stereocenters. The van der Waals surface area contributed by atoms with Crippen LogP contribution in [-0.2, 0) is 32.6 Å². The summed E-state index contributed by atoms with van der Waals surface area (Å²) in [5.41, 5.74) is 4.47. The first-order valence-corrected chi connectivity index (χ1v) is 14.3. The number of hydrogen-bond donors (Lipinski definition) is 1. The van der Waals surface area contributed by atoms with E-state index in [1.807, 2.05) is 32.0 Å². The number of nitrogens with zero attached hydrogens (tertiary/aromatic N) is 2. The number of nitrogens with one attached hydrogen (secondary N) is 1. The Morgan fingerprint density at radius 2 is 1.58 bits per heavy atom. The van der Waals surface area contributed by atoms with Gasteiger partial charge in [0.1, 0.15) is 5.75 Å². The van der Waals surface area contributed by atoms with Crippen molar-refractivity contribution in [2.75, 3.05) is 37.2 Å². The topological polar surface area (TPSA) is 88.2 Å². The molecule has 8 nitrogen and oxygen atoms in total. The Labute approximate surface area is 224 Å². The third-order valence-electron chi connectivity index (χ3n) is 6.89. The third-order valence-corrected chi connectivity index (χ3v) is 8.68. The summed E-state index contributed by atoms with van der Waals surface area (Å²) in [4.78, 5) is 15.7. The van der Waals surface area contributed by atoms with Crippen LogP contribution in [0, 0.1) is 13.8 Å². The van der Waals surface area contributed by atoms with Gasteiger partial charge in [-0.25, -0.2) is 8.42 Å². The Balaban J connectivity index is 1.28. The van der Waals surface area contributed by atoms with Crippen molar-refractivity contribution in [3.8, 4) is 5.75 Å². The molecule has 200 valence electrons. The van der Waals surface area contributed by atoms with Crippen molar-refractivity contribution in [2.24, 2.45) is 0 Å². The van der Waals surface area contributed by atoms with E-state index >= 15 is 0 Å². The lowest BCUT2D eigenvalue weighted by molar-refractivity contribution is -0.127. The maximum absolute atomic E-state index is 13.6. The monoisotopic (exact) mass is 535 g/mol. The fourth-order valence-corrected chi connectivity index (χ4v) is 6.12. The van der Waals surface area contributed by atoms with Crippen molar-refractivity contribution in [3.05, 3.63) is 89.0 Å². The number of rotatable bonds is 7. The average molecular weight is 536 g/mol. The second-order valence-electron chi connectivity index (χ2n) is 9.85. The first-order chi connectivity index (χ1) is 18.3. The number of morpholine rings is 1. The smallest absolute Gasteiger partial charge is 0.264 e. The van der Waals surface area contributed by atoms with Crippen molar-refractivity contribution >= 4 is 21.6 Å². The molecule has 3 aromatic carbocycles. The fourth-order valence-electron chi connectivity index (χ4n) is 4.65. The Morgan fingerprint density at radius 1 is 0.921 bits per heavy atom. The molecule has 2 aliphatic heterocycles. The molecule has 0 bridgehead atoms. The second kappa shape index (κ2) is 11.1. The average Bonchev–Trinajstić information content (AvgIpc) is 2.92. The summed E-state index contributed by atoms with van der Waals surface area (Å²) in [5, 5.41) is 2.92. The molecule has 2 aliphatic rings. The van der Waals surface area contributed by atoms with E-state index in [0.717, 1.165) is 49.5 Å². The molecule has 3 aromatic rings. The number of hydrogen-bond acceptors (Lipinski definition) is 6.